The van der Waals surface area contributed by atoms with E-state index >= 15 is 0 Å². The van der Waals surface area contributed by atoms with Gasteiger partial charge in [0.15, 0.2) is 0 Å². The van der Waals surface area contributed by atoms with Crippen molar-refractivity contribution in [2.24, 2.45) is 0 Å². The van der Waals surface area contributed by atoms with Crippen LogP contribution in [0.4, 0.5) is 0 Å². The number of rotatable bonds is 7. The Morgan fingerprint density at radius 2 is 2.10 bits per heavy atom. The van der Waals surface area contributed by atoms with Crippen molar-refractivity contribution in [1.29, 1.82) is 0 Å². The number of aromatic nitrogens is 1. The molecule has 2 rings (SSSR count). The van der Waals surface area contributed by atoms with Gasteiger partial charge in [0.25, 0.3) is 0 Å². The lowest BCUT2D eigenvalue weighted by Crippen LogP contribution is -2.17. The third-order valence-corrected chi connectivity index (χ3v) is 3.34. The first-order valence-electron chi connectivity index (χ1n) is 7.30. The second-order valence-corrected chi connectivity index (χ2v) is 4.89. The fourth-order valence-electron chi connectivity index (χ4n) is 2.22. The van der Waals surface area contributed by atoms with Gasteiger partial charge < -0.3 is 15.2 Å². The Balaban J connectivity index is 2.18. The zero-order chi connectivity index (χ0) is 15.1. The van der Waals surface area contributed by atoms with E-state index in [1.165, 1.54) is 0 Å². The lowest BCUT2D eigenvalue weighted by atomic mass is 10.1. The minimum Gasteiger partial charge on any atom is -0.439 e. The number of nitrogens with zero attached hydrogens (tertiary/aromatic N) is 1. The van der Waals surface area contributed by atoms with Crippen LogP contribution in [0.3, 0.4) is 0 Å². The number of para-hydroxylation sites is 1. The molecule has 1 atom stereocenters. The number of hydrogen-bond donors (Lipinski definition) is 2. The van der Waals surface area contributed by atoms with Crippen LogP contribution >= 0.6 is 0 Å². The molecular formula is C17H22N2O2. The van der Waals surface area contributed by atoms with Gasteiger partial charge in [0.2, 0.25) is 5.88 Å². The normalized spacial score (nSPS) is 12.1. The summed E-state index contributed by atoms with van der Waals surface area (Å²) in [6, 6.07) is 11.9. The molecule has 1 aromatic heterocycles. The van der Waals surface area contributed by atoms with Gasteiger partial charge in [0, 0.05) is 24.9 Å². The van der Waals surface area contributed by atoms with Gasteiger partial charge >= 0.3 is 0 Å². The minimum atomic E-state index is 0.102. The molecular weight excluding hydrogens is 264 g/mol. The number of aliphatic hydroxyl groups excluding tert-OH is 1. The number of hydrogen-bond acceptors (Lipinski definition) is 4. The molecule has 1 aromatic carbocycles. The smallest absolute Gasteiger partial charge is 0.219 e. The van der Waals surface area contributed by atoms with Gasteiger partial charge in [0.05, 0.1) is 0 Å². The summed E-state index contributed by atoms with van der Waals surface area (Å²) in [5, 5.41) is 12.5. The average Bonchev–Trinajstić information content (AvgIpc) is 2.50. The number of benzene rings is 1. The predicted molar refractivity (Wildman–Crippen MR) is 83.6 cm³/mol. The lowest BCUT2D eigenvalue weighted by Gasteiger charge is -2.14. The van der Waals surface area contributed by atoms with Crippen LogP contribution in [-0.2, 0) is 6.42 Å². The number of pyridine rings is 1. The summed E-state index contributed by atoms with van der Waals surface area (Å²) in [6.45, 7) is 5.22. The predicted octanol–water partition coefficient (Wildman–Crippen LogP) is 3.08. The molecule has 2 N–H and O–H groups in total. The van der Waals surface area contributed by atoms with Gasteiger partial charge in [-0.15, -0.1) is 0 Å². The van der Waals surface area contributed by atoms with Crippen LogP contribution < -0.4 is 10.1 Å². The topological polar surface area (TPSA) is 54.4 Å². The van der Waals surface area contributed by atoms with Crippen molar-refractivity contribution < 1.29 is 9.84 Å². The van der Waals surface area contributed by atoms with Gasteiger partial charge in [-0.05, 0) is 43.1 Å². The zero-order valence-corrected chi connectivity index (χ0v) is 12.5. The van der Waals surface area contributed by atoms with Crippen molar-refractivity contribution in [2.75, 3.05) is 13.2 Å². The number of nitrogens with one attached hydrogen (secondary N) is 1. The van der Waals surface area contributed by atoms with Crippen LogP contribution in [0.2, 0.25) is 0 Å². The molecule has 0 aliphatic rings. The summed E-state index contributed by atoms with van der Waals surface area (Å²) in [6.07, 6.45) is 2.33. The van der Waals surface area contributed by atoms with E-state index in [1.54, 1.807) is 6.20 Å². The number of ether oxygens (including phenoxy) is 1. The molecule has 112 valence electrons. The first-order valence-corrected chi connectivity index (χ1v) is 7.30. The van der Waals surface area contributed by atoms with E-state index in [-0.39, 0.29) is 12.6 Å². The van der Waals surface area contributed by atoms with Crippen molar-refractivity contribution in [3.05, 3.63) is 53.7 Å². The molecule has 1 unspecified atom stereocenters. The second kappa shape index (κ2) is 7.76. The molecule has 0 aliphatic carbocycles. The molecule has 0 saturated carbocycles. The molecule has 0 aliphatic heterocycles. The highest BCUT2D eigenvalue weighted by Crippen LogP contribution is 2.25. The van der Waals surface area contributed by atoms with Gasteiger partial charge in [-0.1, -0.05) is 25.1 Å². The monoisotopic (exact) mass is 286 g/mol. The quantitative estimate of drug-likeness (QED) is 0.821. The lowest BCUT2D eigenvalue weighted by molar-refractivity contribution is 0.297. The number of aliphatic hydroxyl groups is 1. The van der Waals surface area contributed by atoms with Crippen molar-refractivity contribution in [3.8, 4) is 11.6 Å². The van der Waals surface area contributed by atoms with Crippen LogP contribution in [0.5, 0.6) is 11.6 Å². The fraction of sp³-hybridized carbons (Fsp3) is 0.353. The maximum absolute atomic E-state index is 9.11. The second-order valence-electron chi connectivity index (χ2n) is 4.89. The highest BCUT2D eigenvalue weighted by atomic mass is 16.5. The Kier molecular flexibility index (Phi) is 5.72. The van der Waals surface area contributed by atoms with Gasteiger partial charge in [-0.25, -0.2) is 4.98 Å². The molecule has 0 fully saturated rings. The Morgan fingerprint density at radius 1 is 1.29 bits per heavy atom. The van der Waals surface area contributed by atoms with Crippen molar-refractivity contribution in [2.45, 2.75) is 26.3 Å². The standard InChI is InChI=1S/C17H22N2O2/c1-3-18-13(2)15-8-10-19-17(12-15)21-16-7-5-4-6-14(16)9-11-20/h4-8,10,12-13,18,20H,3,9,11H2,1-2H3. The van der Waals surface area contributed by atoms with E-state index in [0.717, 1.165) is 23.4 Å². The third-order valence-electron chi connectivity index (χ3n) is 3.34. The summed E-state index contributed by atoms with van der Waals surface area (Å²) in [7, 11) is 0. The van der Waals surface area contributed by atoms with Gasteiger partial charge in [-0.3, -0.25) is 0 Å². The molecule has 1 heterocycles. The minimum absolute atomic E-state index is 0.102. The average molecular weight is 286 g/mol. The Morgan fingerprint density at radius 3 is 2.86 bits per heavy atom. The van der Waals surface area contributed by atoms with E-state index in [4.69, 9.17) is 9.84 Å². The Hall–Kier alpha value is -1.91. The summed E-state index contributed by atoms with van der Waals surface area (Å²) in [4.78, 5) is 4.27. The molecule has 21 heavy (non-hydrogen) atoms. The summed E-state index contributed by atoms with van der Waals surface area (Å²) < 4.78 is 5.88. The van der Waals surface area contributed by atoms with Gasteiger partial charge in [-0.2, -0.15) is 0 Å². The summed E-state index contributed by atoms with van der Waals surface area (Å²) in [5.41, 5.74) is 2.12. The van der Waals surface area contributed by atoms with Crippen LogP contribution in [0.15, 0.2) is 42.6 Å². The highest BCUT2D eigenvalue weighted by molar-refractivity contribution is 5.37. The van der Waals surface area contributed by atoms with Crippen molar-refractivity contribution in [3.63, 3.8) is 0 Å². The molecule has 4 heteroatoms. The first kappa shape index (κ1) is 15.5. The van der Waals surface area contributed by atoms with E-state index in [1.807, 2.05) is 36.4 Å². The maximum Gasteiger partial charge on any atom is 0.219 e. The van der Waals surface area contributed by atoms with E-state index in [0.29, 0.717) is 12.3 Å². The van der Waals surface area contributed by atoms with E-state index in [2.05, 4.69) is 24.1 Å². The van der Waals surface area contributed by atoms with Crippen molar-refractivity contribution >= 4 is 0 Å². The largest absolute Gasteiger partial charge is 0.439 e. The third kappa shape index (κ3) is 4.28. The first-order chi connectivity index (χ1) is 10.2. The van der Waals surface area contributed by atoms with E-state index in [9.17, 15) is 0 Å². The summed E-state index contributed by atoms with van der Waals surface area (Å²) >= 11 is 0. The molecule has 2 aromatic rings. The van der Waals surface area contributed by atoms with Crippen molar-refractivity contribution in [1.82, 2.24) is 10.3 Å². The molecule has 0 bridgehead atoms. The van der Waals surface area contributed by atoms with E-state index < -0.39 is 0 Å². The van der Waals surface area contributed by atoms with Crippen LogP contribution in [0.25, 0.3) is 0 Å². The van der Waals surface area contributed by atoms with Gasteiger partial charge in [0.1, 0.15) is 5.75 Å². The Labute approximate surface area is 125 Å². The van der Waals surface area contributed by atoms with Crippen LogP contribution in [0, 0.1) is 0 Å². The fourth-order valence-corrected chi connectivity index (χ4v) is 2.22. The zero-order valence-electron chi connectivity index (χ0n) is 12.5. The maximum atomic E-state index is 9.11. The van der Waals surface area contributed by atoms with Crippen LogP contribution in [-0.4, -0.2) is 23.2 Å². The highest BCUT2D eigenvalue weighted by Gasteiger charge is 2.08. The summed E-state index contributed by atoms with van der Waals surface area (Å²) in [5.74, 6) is 1.31. The molecule has 0 amide bonds. The molecule has 0 spiro atoms. The SMILES string of the molecule is CCNC(C)c1ccnc(Oc2ccccc2CCO)c1. The molecule has 0 saturated heterocycles. The molecule has 4 nitrogen and oxygen atoms in total. The molecule has 0 radical (unpaired) electrons. The Bertz CT molecular complexity index is 572. The van der Waals surface area contributed by atoms with Crippen LogP contribution in [0.1, 0.15) is 31.0 Å².